The number of rotatable bonds is 0. The van der Waals surface area contributed by atoms with Crippen LogP contribution >= 0.6 is 23.6 Å². The molecule has 0 aromatic carbocycles. The molecule has 1 aliphatic rings. The molecule has 4 nitrogen and oxygen atoms in total. The maximum absolute atomic E-state index is 5.46. The summed E-state index contributed by atoms with van der Waals surface area (Å²) in [6.07, 6.45) is 1.09. The molecule has 0 radical (unpaired) electrons. The topological polar surface area (TPSA) is 42.7 Å². The van der Waals surface area contributed by atoms with Crippen LogP contribution in [-0.4, -0.2) is 21.1 Å². The van der Waals surface area contributed by atoms with Gasteiger partial charge in [0, 0.05) is 24.2 Å². The molecule has 0 bridgehead atoms. The Morgan fingerprint density at radius 1 is 1.35 bits per heavy atom. The summed E-state index contributed by atoms with van der Waals surface area (Å²) in [7, 11) is 0. The van der Waals surface area contributed by atoms with E-state index in [1.165, 1.54) is 10.3 Å². The fourth-order valence-electron chi connectivity index (χ4n) is 2.89. The molecule has 102 valence electrons. The van der Waals surface area contributed by atoms with Crippen LogP contribution in [-0.2, 0) is 6.54 Å². The predicted molar refractivity (Wildman–Crippen MR) is 86.3 cm³/mol. The summed E-state index contributed by atoms with van der Waals surface area (Å²) >= 11 is 7.17. The van der Waals surface area contributed by atoms with Crippen molar-refractivity contribution in [2.24, 2.45) is 0 Å². The number of pyridine rings is 1. The molecule has 0 aliphatic carbocycles. The van der Waals surface area contributed by atoms with Crippen molar-refractivity contribution in [3.8, 4) is 0 Å². The minimum Gasteiger partial charge on any atom is -0.370 e. The van der Waals surface area contributed by atoms with Crippen molar-refractivity contribution in [2.75, 3.05) is 11.9 Å². The van der Waals surface area contributed by atoms with Crippen molar-refractivity contribution in [1.82, 2.24) is 14.5 Å². The van der Waals surface area contributed by atoms with E-state index in [9.17, 15) is 0 Å². The Kier molecular flexibility index (Phi) is 2.59. The molecule has 0 atom stereocenters. The van der Waals surface area contributed by atoms with Gasteiger partial charge in [-0.25, -0.2) is 9.97 Å². The number of hydrogen-bond acceptors (Lipinski definition) is 5. The third-order valence-electron chi connectivity index (χ3n) is 3.74. The number of aryl methyl sites for hydroxylation is 2. The molecule has 0 saturated carbocycles. The second-order valence-corrected chi connectivity index (χ2v) is 6.58. The first-order valence-electron chi connectivity index (χ1n) is 6.70. The first kappa shape index (κ1) is 12.2. The zero-order valence-electron chi connectivity index (χ0n) is 11.4. The highest BCUT2D eigenvalue weighted by Crippen LogP contribution is 2.38. The van der Waals surface area contributed by atoms with Gasteiger partial charge in [-0.05, 0) is 44.1 Å². The maximum atomic E-state index is 5.46. The van der Waals surface area contributed by atoms with E-state index in [2.05, 4.69) is 32.8 Å². The molecule has 4 heterocycles. The summed E-state index contributed by atoms with van der Waals surface area (Å²) in [6.45, 7) is 6.09. The number of hydrogen-bond donors (Lipinski definition) is 1. The van der Waals surface area contributed by atoms with Crippen LogP contribution in [0.3, 0.4) is 0 Å². The molecule has 0 amide bonds. The average molecular weight is 302 g/mol. The number of thiophene rings is 1. The Balaban J connectivity index is 2.23. The lowest BCUT2D eigenvalue weighted by molar-refractivity contribution is 0.613. The standard InChI is InChI=1S/C14H14N4S2/c1-7-6-8(2)16-13-9(7)10-11(20-13)12-15-4-3-5-18(12)14(19)17-10/h6,15H,3-5H2,1-2H3. The minimum atomic E-state index is 0.666. The fourth-order valence-corrected chi connectivity index (χ4v) is 4.43. The minimum absolute atomic E-state index is 0.666. The number of fused-ring (bicyclic) bond motifs is 5. The number of aromatic nitrogens is 3. The first-order valence-corrected chi connectivity index (χ1v) is 7.93. The summed E-state index contributed by atoms with van der Waals surface area (Å²) in [6, 6.07) is 2.11. The van der Waals surface area contributed by atoms with E-state index in [-0.39, 0.29) is 0 Å². The Hall–Kier alpha value is -1.53. The molecule has 4 rings (SSSR count). The molecule has 20 heavy (non-hydrogen) atoms. The van der Waals surface area contributed by atoms with Gasteiger partial charge in [0.15, 0.2) is 0 Å². The predicted octanol–water partition coefficient (Wildman–Crippen LogP) is 3.81. The molecule has 3 aromatic heterocycles. The number of nitrogens with zero attached hydrogens (tertiary/aromatic N) is 3. The summed E-state index contributed by atoms with van der Waals surface area (Å²) in [5.41, 5.74) is 3.27. The van der Waals surface area contributed by atoms with Crippen molar-refractivity contribution >= 4 is 49.8 Å². The quantitative estimate of drug-likeness (QED) is 0.641. The number of nitrogens with one attached hydrogen (secondary N) is 1. The van der Waals surface area contributed by atoms with Crippen molar-refractivity contribution < 1.29 is 0 Å². The molecule has 0 unspecified atom stereocenters. The van der Waals surface area contributed by atoms with Gasteiger partial charge in [-0.3, -0.25) is 0 Å². The second kappa shape index (κ2) is 4.23. The molecule has 0 saturated heterocycles. The van der Waals surface area contributed by atoms with E-state index >= 15 is 0 Å². The van der Waals surface area contributed by atoms with E-state index in [0.29, 0.717) is 4.77 Å². The van der Waals surface area contributed by atoms with E-state index in [4.69, 9.17) is 12.2 Å². The molecule has 0 spiro atoms. The van der Waals surface area contributed by atoms with Crippen molar-refractivity contribution in [3.05, 3.63) is 22.1 Å². The molecule has 1 aliphatic heterocycles. The third-order valence-corrected chi connectivity index (χ3v) is 5.13. The summed E-state index contributed by atoms with van der Waals surface area (Å²) < 4.78 is 3.95. The van der Waals surface area contributed by atoms with Crippen LogP contribution < -0.4 is 5.32 Å². The number of anilines is 1. The lowest BCUT2D eigenvalue weighted by atomic mass is 10.1. The molecular weight excluding hydrogens is 288 g/mol. The Morgan fingerprint density at radius 2 is 2.20 bits per heavy atom. The van der Waals surface area contributed by atoms with Gasteiger partial charge in [0.25, 0.3) is 0 Å². The van der Waals surface area contributed by atoms with Crippen LogP contribution in [0.1, 0.15) is 17.7 Å². The molecule has 0 fully saturated rings. The van der Waals surface area contributed by atoms with Crippen LogP contribution in [0.5, 0.6) is 0 Å². The van der Waals surface area contributed by atoms with Gasteiger partial charge in [0.05, 0.1) is 10.2 Å². The zero-order chi connectivity index (χ0) is 13.9. The van der Waals surface area contributed by atoms with E-state index < -0.39 is 0 Å². The van der Waals surface area contributed by atoms with Gasteiger partial charge in [-0.1, -0.05) is 0 Å². The van der Waals surface area contributed by atoms with Crippen molar-refractivity contribution in [3.63, 3.8) is 0 Å². The molecule has 3 aromatic rings. The molecule has 1 N–H and O–H groups in total. The fraction of sp³-hybridized carbons (Fsp3) is 0.357. The summed E-state index contributed by atoms with van der Waals surface area (Å²) in [5.74, 6) is 1.12. The van der Waals surface area contributed by atoms with Crippen LogP contribution in [0, 0.1) is 18.6 Å². The Morgan fingerprint density at radius 3 is 3.05 bits per heavy atom. The highest BCUT2D eigenvalue weighted by Gasteiger charge is 2.19. The van der Waals surface area contributed by atoms with Crippen LogP contribution in [0.25, 0.3) is 20.4 Å². The second-order valence-electron chi connectivity index (χ2n) is 5.22. The SMILES string of the molecule is Cc1cc(C)c2c(n1)sc1c3n(c(=S)nc12)CCCN3. The highest BCUT2D eigenvalue weighted by molar-refractivity contribution is 7.71. The van der Waals surface area contributed by atoms with Gasteiger partial charge in [-0.2, -0.15) is 0 Å². The van der Waals surface area contributed by atoms with E-state index in [1.807, 2.05) is 6.92 Å². The first-order chi connectivity index (χ1) is 9.65. The van der Waals surface area contributed by atoms with Gasteiger partial charge >= 0.3 is 0 Å². The van der Waals surface area contributed by atoms with Gasteiger partial charge in [-0.15, -0.1) is 11.3 Å². The molecule has 6 heteroatoms. The van der Waals surface area contributed by atoms with Crippen molar-refractivity contribution in [1.29, 1.82) is 0 Å². The van der Waals surface area contributed by atoms with Crippen molar-refractivity contribution in [2.45, 2.75) is 26.8 Å². The van der Waals surface area contributed by atoms with Gasteiger partial charge in [0.2, 0.25) is 4.77 Å². The lowest BCUT2D eigenvalue weighted by Crippen LogP contribution is -2.19. The Labute approximate surface area is 125 Å². The summed E-state index contributed by atoms with van der Waals surface area (Å²) in [5, 5.41) is 4.63. The highest BCUT2D eigenvalue weighted by atomic mass is 32.1. The van der Waals surface area contributed by atoms with Crippen LogP contribution in [0.15, 0.2) is 6.07 Å². The lowest BCUT2D eigenvalue weighted by Gasteiger charge is -2.20. The van der Waals surface area contributed by atoms with Gasteiger partial charge in [0.1, 0.15) is 10.6 Å². The largest absolute Gasteiger partial charge is 0.370 e. The normalized spacial score (nSPS) is 14.5. The van der Waals surface area contributed by atoms with Crippen LogP contribution in [0.2, 0.25) is 0 Å². The van der Waals surface area contributed by atoms with E-state index in [0.717, 1.165) is 46.8 Å². The summed E-state index contributed by atoms with van der Waals surface area (Å²) in [4.78, 5) is 10.4. The average Bonchev–Trinajstić information content (AvgIpc) is 2.77. The maximum Gasteiger partial charge on any atom is 0.201 e. The zero-order valence-corrected chi connectivity index (χ0v) is 13.0. The van der Waals surface area contributed by atoms with E-state index in [1.54, 1.807) is 11.3 Å². The smallest absolute Gasteiger partial charge is 0.201 e. The van der Waals surface area contributed by atoms with Gasteiger partial charge < -0.3 is 9.88 Å². The Bertz CT molecular complexity index is 907. The monoisotopic (exact) mass is 302 g/mol. The molecular formula is C14H14N4S2. The third kappa shape index (κ3) is 1.61. The van der Waals surface area contributed by atoms with Crippen LogP contribution in [0.4, 0.5) is 5.82 Å².